The van der Waals surface area contributed by atoms with Crippen molar-refractivity contribution < 1.29 is 4.79 Å². The fourth-order valence-corrected chi connectivity index (χ4v) is 4.37. The third kappa shape index (κ3) is 5.10. The Kier molecular flexibility index (Phi) is 6.81. The van der Waals surface area contributed by atoms with Crippen LogP contribution in [0.4, 0.5) is 5.69 Å². The Balaban J connectivity index is 1.69. The average molecular weight is 399 g/mol. The minimum atomic E-state index is -0.379. The molecule has 1 fully saturated rings. The molecular weight excluding hydrogens is 368 g/mol. The van der Waals surface area contributed by atoms with E-state index in [-0.39, 0.29) is 18.0 Å². The lowest BCUT2D eigenvalue weighted by atomic mass is 9.94. The fourth-order valence-electron chi connectivity index (χ4n) is 4.37. The second kappa shape index (κ2) is 10.1. The normalized spacial score (nSPS) is 15.3. The van der Waals surface area contributed by atoms with Crippen molar-refractivity contribution in [2.24, 2.45) is 0 Å². The summed E-state index contributed by atoms with van der Waals surface area (Å²) in [5, 5.41) is 3.37. The molecule has 1 unspecified atom stereocenters. The first-order valence-corrected chi connectivity index (χ1v) is 11.0. The summed E-state index contributed by atoms with van der Waals surface area (Å²) in [6, 6.07) is 30.7. The Morgan fingerprint density at radius 3 is 2.00 bits per heavy atom. The molecule has 3 aromatic carbocycles. The largest absolute Gasteiger partial charge is 0.352 e. The van der Waals surface area contributed by atoms with Gasteiger partial charge >= 0.3 is 0 Å². The molecule has 1 amide bonds. The number of hydrogen-bond donors (Lipinski definition) is 1. The molecule has 0 heterocycles. The predicted octanol–water partition coefficient (Wildman–Crippen LogP) is 5.88. The lowest BCUT2D eigenvalue weighted by Crippen LogP contribution is -2.45. The molecule has 1 atom stereocenters. The second-order valence-electron chi connectivity index (χ2n) is 8.11. The Labute approximate surface area is 179 Å². The number of nitrogens with zero attached hydrogens (tertiary/aromatic N) is 1. The van der Waals surface area contributed by atoms with Crippen LogP contribution < -0.4 is 10.2 Å². The molecule has 154 valence electrons. The Morgan fingerprint density at radius 2 is 1.37 bits per heavy atom. The molecule has 3 nitrogen and oxygen atoms in total. The molecule has 1 aliphatic carbocycles. The van der Waals surface area contributed by atoms with Crippen molar-refractivity contribution in [3.8, 4) is 0 Å². The molecule has 3 aromatic rings. The number of para-hydroxylation sites is 1. The molecule has 0 radical (unpaired) electrons. The third-order valence-corrected chi connectivity index (χ3v) is 5.91. The lowest BCUT2D eigenvalue weighted by Gasteiger charge is -2.35. The van der Waals surface area contributed by atoms with E-state index in [2.05, 4.69) is 58.7 Å². The van der Waals surface area contributed by atoms with Crippen LogP contribution in [0.3, 0.4) is 0 Å². The summed E-state index contributed by atoms with van der Waals surface area (Å²) in [5.41, 5.74) is 3.26. The summed E-state index contributed by atoms with van der Waals surface area (Å²) in [5.74, 6) is 0.0906. The maximum atomic E-state index is 13.7. The number of anilines is 1. The van der Waals surface area contributed by atoms with Crippen molar-refractivity contribution in [2.75, 3.05) is 4.90 Å². The predicted molar refractivity (Wildman–Crippen MR) is 123 cm³/mol. The van der Waals surface area contributed by atoms with Gasteiger partial charge in [0, 0.05) is 18.3 Å². The van der Waals surface area contributed by atoms with Crippen LogP contribution in [-0.4, -0.2) is 11.9 Å². The summed E-state index contributed by atoms with van der Waals surface area (Å²) in [6.07, 6.45) is 5.84. The zero-order chi connectivity index (χ0) is 20.6. The quantitative estimate of drug-likeness (QED) is 0.539. The Morgan fingerprint density at radius 1 is 0.800 bits per heavy atom. The first kappa shape index (κ1) is 20.2. The van der Waals surface area contributed by atoms with E-state index in [1.807, 2.05) is 42.5 Å². The first-order chi connectivity index (χ1) is 14.8. The Bertz CT molecular complexity index is 905. The van der Waals surface area contributed by atoms with Crippen LogP contribution in [0, 0.1) is 0 Å². The smallest absolute Gasteiger partial charge is 0.247 e. The van der Waals surface area contributed by atoms with Crippen molar-refractivity contribution in [3.63, 3.8) is 0 Å². The van der Waals surface area contributed by atoms with Gasteiger partial charge in [0.2, 0.25) is 5.91 Å². The number of rotatable bonds is 7. The van der Waals surface area contributed by atoms with Gasteiger partial charge in [-0.3, -0.25) is 4.79 Å². The van der Waals surface area contributed by atoms with E-state index in [9.17, 15) is 4.79 Å². The van der Waals surface area contributed by atoms with Gasteiger partial charge in [-0.05, 0) is 36.1 Å². The van der Waals surface area contributed by atoms with Crippen LogP contribution in [-0.2, 0) is 11.3 Å². The third-order valence-electron chi connectivity index (χ3n) is 5.91. The molecule has 30 heavy (non-hydrogen) atoms. The van der Waals surface area contributed by atoms with Crippen molar-refractivity contribution in [2.45, 2.75) is 50.7 Å². The monoisotopic (exact) mass is 398 g/mol. The molecule has 0 spiro atoms. The highest BCUT2D eigenvalue weighted by Crippen LogP contribution is 2.30. The number of carbonyl (C=O) groups is 1. The van der Waals surface area contributed by atoms with Crippen molar-refractivity contribution in [1.82, 2.24) is 5.32 Å². The maximum Gasteiger partial charge on any atom is 0.247 e. The summed E-state index contributed by atoms with van der Waals surface area (Å²) in [4.78, 5) is 15.9. The minimum Gasteiger partial charge on any atom is -0.352 e. The molecule has 0 aliphatic heterocycles. The summed E-state index contributed by atoms with van der Waals surface area (Å²) < 4.78 is 0. The van der Waals surface area contributed by atoms with Gasteiger partial charge < -0.3 is 10.2 Å². The summed E-state index contributed by atoms with van der Waals surface area (Å²) in [6.45, 7) is 0.669. The van der Waals surface area contributed by atoms with Gasteiger partial charge in [0.25, 0.3) is 0 Å². The standard InChI is InChI=1S/C27H30N2O/c30-27(28-24-17-9-3-10-18-24)26(23-15-7-2-8-16-23)29(25-19-11-4-12-20-25)21-22-13-5-1-6-14-22/h1-2,4-8,11-16,19-20,24,26H,3,9-10,17-18,21H2,(H,28,30). The van der Waals surface area contributed by atoms with Gasteiger partial charge in [-0.15, -0.1) is 0 Å². The van der Waals surface area contributed by atoms with Crippen molar-refractivity contribution in [1.29, 1.82) is 0 Å². The van der Waals surface area contributed by atoms with E-state index in [0.29, 0.717) is 6.54 Å². The van der Waals surface area contributed by atoms with Crippen LogP contribution in [0.25, 0.3) is 0 Å². The molecule has 0 saturated heterocycles. The van der Waals surface area contributed by atoms with E-state index < -0.39 is 0 Å². The molecule has 1 N–H and O–H groups in total. The molecule has 0 bridgehead atoms. The van der Waals surface area contributed by atoms with Crippen LogP contribution in [0.1, 0.15) is 49.3 Å². The molecule has 4 rings (SSSR count). The number of carbonyl (C=O) groups excluding carboxylic acids is 1. The maximum absolute atomic E-state index is 13.7. The zero-order valence-electron chi connectivity index (χ0n) is 17.4. The highest BCUT2D eigenvalue weighted by atomic mass is 16.2. The van der Waals surface area contributed by atoms with Crippen molar-refractivity contribution in [3.05, 3.63) is 102 Å². The van der Waals surface area contributed by atoms with Gasteiger partial charge in [0.05, 0.1) is 0 Å². The second-order valence-corrected chi connectivity index (χ2v) is 8.11. The summed E-state index contributed by atoms with van der Waals surface area (Å²) in [7, 11) is 0. The number of benzene rings is 3. The molecule has 1 saturated carbocycles. The number of amides is 1. The van der Waals surface area contributed by atoms with E-state index in [1.165, 1.54) is 24.8 Å². The topological polar surface area (TPSA) is 32.3 Å². The number of hydrogen-bond acceptors (Lipinski definition) is 2. The highest BCUT2D eigenvalue weighted by Gasteiger charge is 2.30. The van der Waals surface area contributed by atoms with Gasteiger partial charge in [-0.25, -0.2) is 0 Å². The van der Waals surface area contributed by atoms with Crippen molar-refractivity contribution >= 4 is 11.6 Å². The van der Waals surface area contributed by atoms with E-state index >= 15 is 0 Å². The van der Waals surface area contributed by atoms with E-state index in [1.54, 1.807) is 0 Å². The molecule has 3 heteroatoms. The van der Waals surface area contributed by atoms with Gasteiger partial charge in [0.15, 0.2) is 0 Å². The van der Waals surface area contributed by atoms with Gasteiger partial charge in [-0.1, -0.05) is 98.1 Å². The van der Waals surface area contributed by atoms with Crippen LogP contribution in [0.5, 0.6) is 0 Å². The van der Waals surface area contributed by atoms with E-state index in [4.69, 9.17) is 0 Å². The molecular formula is C27H30N2O. The molecule has 1 aliphatic rings. The van der Waals surface area contributed by atoms with E-state index in [0.717, 1.165) is 24.1 Å². The lowest BCUT2D eigenvalue weighted by molar-refractivity contribution is -0.123. The first-order valence-electron chi connectivity index (χ1n) is 11.0. The molecule has 0 aromatic heterocycles. The SMILES string of the molecule is O=C(NC1CCCCC1)C(c1ccccc1)N(Cc1ccccc1)c1ccccc1. The fraction of sp³-hybridized carbons (Fsp3) is 0.296. The Hall–Kier alpha value is -3.07. The minimum absolute atomic E-state index is 0.0906. The van der Waals surface area contributed by atoms with Gasteiger partial charge in [0.1, 0.15) is 6.04 Å². The summed E-state index contributed by atoms with van der Waals surface area (Å²) >= 11 is 0. The highest BCUT2D eigenvalue weighted by molar-refractivity contribution is 5.87. The van der Waals surface area contributed by atoms with Gasteiger partial charge in [-0.2, -0.15) is 0 Å². The zero-order valence-corrected chi connectivity index (χ0v) is 17.4. The average Bonchev–Trinajstić information content (AvgIpc) is 2.81. The van der Waals surface area contributed by atoms with Crippen LogP contribution in [0.2, 0.25) is 0 Å². The van der Waals surface area contributed by atoms with Crippen LogP contribution in [0.15, 0.2) is 91.0 Å². The number of nitrogens with one attached hydrogen (secondary N) is 1. The van der Waals surface area contributed by atoms with Crippen LogP contribution >= 0.6 is 0 Å².